The van der Waals surface area contributed by atoms with E-state index >= 15 is 0 Å². The van der Waals surface area contributed by atoms with Crippen LogP contribution in [-0.4, -0.2) is 18.6 Å². The molecule has 0 aliphatic heterocycles. The van der Waals surface area contributed by atoms with Gasteiger partial charge in [-0.1, -0.05) is 13.0 Å². The lowest BCUT2D eigenvalue weighted by atomic mass is 10.1. The van der Waals surface area contributed by atoms with Crippen LogP contribution in [0.3, 0.4) is 0 Å². The standard InChI is InChI=1S/C16H20FN3/c1-3-18-11-14-4-5-16(15(17)10-14)20(2)12-13-6-8-19-9-7-13/h4-10,18H,3,11-12H2,1-2H3. The molecule has 1 aromatic heterocycles. The van der Waals surface area contributed by atoms with Gasteiger partial charge in [-0.25, -0.2) is 4.39 Å². The van der Waals surface area contributed by atoms with Gasteiger partial charge < -0.3 is 10.2 Å². The van der Waals surface area contributed by atoms with Crippen LogP contribution in [0.4, 0.5) is 10.1 Å². The molecule has 0 bridgehead atoms. The monoisotopic (exact) mass is 273 g/mol. The van der Waals surface area contributed by atoms with Gasteiger partial charge in [0.2, 0.25) is 0 Å². The number of hydrogen-bond donors (Lipinski definition) is 1. The Morgan fingerprint density at radius 2 is 1.90 bits per heavy atom. The molecule has 2 aromatic rings. The zero-order valence-corrected chi connectivity index (χ0v) is 11.9. The lowest BCUT2D eigenvalue weighted by Crippen LogP contribution is -2.18. The van der Waals surface area contributed by atoms with Crippen molar-refractivity contribution in [3.8, 4) is 0 Å². The van der Waals surface area contributed by atoms with Gasteiger partial charge in [-0.3, -0.25) is 4.98 Å². The summed E-state index contributed by atoms with van der Waals surface area (Å²) in [5, 5.41) is 3.19. The maximum atomic E-state index is 14.1. The molecule has 1 aromatic carbocycles. The molecule has 0 aliphatic rings. The van der Waals surface area contributed by atoms with Crippen molar-refractivity contribution in [1.82, 2.24) is 10.3 Å². The number of nitrogens with one attached hydrogen (secondary N) is 1. The van der Waals surface area contributed by atoms with Crippen LogP contribution in [0.15, 0.2) is 42.7 Å². The molecule has 106 valence electrons. The molecule has 2 rings (SSSR count). The molecule has 0 aliphatic carbocycles. The Labute approximate surface area is 119 Å². The Morgan fingerprint density at radius 1 is 1.15 bits per heavy atom. The van der Waals surface area contributed by atoms with E-state index in [1.807, 2.05) is 43.1 Å². The summed E-state index contributed by atoms with van der Waals surface area (Å²) in [4.78, 5) is 5.89. The van der Waals surface area contributed by atoms with Crippen LogP contribution in [0.1, 0.15) is 18.1 Å². The van der Waals surface area contributed by atoms with Gasteiger partial charge in [-0.05, 0) is 41.9 Å². The number of hydrogen-bond acceptors (Lipinski definition) is 3. The lowest BCUT2D eigenvalue weighted by Gasteiger charge is -2.20. The van der Waals surface area contributed by atoms with Gasteiger partial charge in [0.1, 0.15) is 5.82 Å². The Morgan fingerprint density at radius 3 is 2.55 bits per heavy atom. The van der Waals surface area contributed by atoms with Gasteiger partial charge >= 0.3 is 0 Å². The average molecular weight is 273 g/mol. The van der Waals surface area contributed by atoms with Gasteiger partial charge in [-0.2, -0.15) is 0 Å². The second-order valence-corrected chi connectivity index (χ2v) is 4.78. The summed E-state index contributed by atoms with van der Waals surface area (Å²) in [6.45, 7) is 4.27. The van der Waals surface area contributed by atoms with E-state index in [1.165, 1.54) is 0 Å². The molecule has 3 nitrogen and oxygen atoms in total. The van der Waals surface area contributed by atoms with Crippen molar-refractivity contribution < 1.29 is 4.39 Å². The highest BCUT2D eigenvalue weighted by atomic mass is 19.1. The number of rotatable bonds is 6. The van der Waals surface area contributed by atoms with Crippen LogP contribution < -0.4 is 10.2 Å². The molecule has 0 atom stereocenters. The zero-order valence-electron chi connectivity index (χ0n) is 11.9. The van der Waals surface area contributed by atoms with E-state index in [9.17, 15) is 4.39 Å². The number of halogens is 1. The molecule has 20 heavy (non-hydrogen) atoms. The molecule has 1 N–H and O–H groups in total. The predicted molar refractivity (Wildman–Crippen MR) is 80.1 cm³/mol. The molecule has 0 radical (unpaired) electrons. The van der Waals surface area contributed by atoms with Crippen molar-refractivity contribution in [3.05, 3.63) is 59.7 Å². The highest BCUT2D eigenvalue weighted by molar-refractivity contribution is 5.49. The fourth-order valence-electron chi connectivity index (χ4n) is 2.09. The van der Waals surface area contributed by atoms with Crippen molar-refractivity contribution in [2.24, 2.45) is 0 Å². The van der Waals surface area contributed by atoms with E-state index < -0.39 is 0 Å². The number of aromatic nitrogens is 1. The second-order valence-electron chi connectivity index (χ2n) is 4.78. The molecule has 0 fully saturated rings. The van der Waals surface area contributed by atoms with Crippen molar-refractivity contribution in [3.63, 3.8) is 0 Å². The van der Waals surface area contributed by atoms with Crippen LogP contribution in [0.2, 0.25) is 0 Å². The molecule has 0 spiro atoms. The number of anilines is 1. The molecule has 1 heterocycles. The Hall–Kier alpha value is -1.94. The highest BCUT2D eigenvalue weighted by Gasteiger charge is 2.09. The molecular weight excluding hydrogens is 253 g/mol. The predicted octanol–water partition coefficient (Wildman–Crippen LogP) is 2.97. The molecule has 0 saturated carbocycles. The van der Waals surface area contributed by atoms with E-state index in [0.717, 1.165) is 17.7 Å². The first-order valence-corrected chi connectivity index (χ1v) is 6.80. The molecule has 0 unspecified atom stereocenters. The van der Waals surface area contributed by atoms with E-state index in [-0.39, 0.29) is 5.82 Å². The van der Waals surface area contributed by atoms with E-state index in [2.05, 4.69) is 10.3 Å². The van der Waals surface area contributed by atoms with Gasteiger partial charge in [-0.15, -0.1) is 0 Å². The quantitative estimate of drug-likeness (QED) is 0.877. The van der Waals surface area contributed by atoms with Crippen molar-refractivity contribution in [2.75, 3.05) is 18.5 Å². The largest absolute Gasteiger partial charge is 0.368 e. The van der Waals surface area contributed by atoms with Gasteiger partial charge in [0.05, 0.1) is 5.69 Å². The molecule has 0 amide bonds. The third-order valence-corrected chi connectivity index (χ3v) is 3.17. The first-order valence-electron chi connectivity index (χ1n) is 6.80. The number of benzene rings is 1. The van der Waals surface area contributed by atoms with E-state index in [1.54, 1.807) is 18.5 Å². The van der Waals surface area contributed by atoms with Crippen molar-refractivity contribution in [2.45, 2.75) is 20.0 Å². The van der Waals surface area contributed by atoms with Crippen molar-refractivity contribution in [1.29, 1.82) is 0 Å². The van der Waals surface area contributed by atoms with E-state index in [4.69, 9.17) is 0 Å². The van der Waals surface area contributed by atoms with Gasteiger partial charge in [0.15, 0.2) is 0 Å². The van der Waals surface area contributed by atoms with Gasteiger partial charge in [0.25, 0.3) is 0 Å². The van der Waals surface area contributed by atoms with Crippen LogP contribution >= 0.6 is 0 Å². The average Bonchev–Trinajstić information content (AvgIpc) is 2.46. The zero-order chi connectivity index (χ0) is 14.4. The van der Waals surface area contributed by atoms with Gasteiger partial charge in [0, 0.05) is 32.5 Å². The smallest absolute Gasteiger partial charge is 0.146 e. The molecular formula is C16H20FN3. The summed E-state index contributed by atoms with van der Waals surface area (Å²) in [5.41, 5.74) is 2.69. The molecule has 0 saturated heterocycles. The maximum Gasteiger partial charge on any atom is 0.146 e. The Balaban J connectivity index is 2.08. The topological polar surface area (TPSA) is 28.2 Å². The fourth-order valence-corrected chi connectivity index (χ4v) is 2.09. The van der Waals surface area contributed by atoms with Crippen LogP contribution in [0.5, 0.6) is 0 Å². The lowest BCUT2D eigenvalue weighted by molar-refractivity contribution is 0.616. The third-order valence-electron chi connectivity index (χ3n) is 3.17. The number of pyridine rings is 1. The first kappa shape index (κ1) is 14.5. The maximum absolute atomic E-state index is 14.1. The first-order chi connectivity index (χ1) is 9.70. The minimum absolute atomic E-state index is 0.183. The van der Waals surface area contributed by atoms with Crippen molar-refractivity contribution >= 4 is 5.69 Å². The minimum atomic E-state index is -0.183. The summed E-state index contributed by atoms with van der Waals surface area (Å²) in [6.07, 6.45) is 3.50. The number of nitrogens with zero attached hydrogens (tertiary/aromatic N) is 2. The summed E-state index contributed by atoms with van der Waals surface area (Å²) >= 11 is 0. The minimum Gasteiger partial charge on any atom is -0.368 e. The fraction of sp³-hybridized carbons (Fsp3) is 0.312. The normalized spacial score (nSPS) is 10.6. The second kappa shape index (κ2) is 7.01. The SMILES string of the molecule is CCNCc1ccc(N(C)Cc2ccncc2)c(F)c1. The Bertz CT molecular complexity index is 543. The van der Waals surface area contributed by atoms with Crippen LogP contribution in [0.25, 0.3) is 0 Å². The van der Waals surface area contributed by atoms with E-state index in [0.29, 0.717) is 18.8 Å². The van der Waals surface area contributed by atoms with Crippen LogP contribution in [-0.2, 0) is 13.1 Å². The summed E-state index contributed by atoms with van der Waals surface area (Å²) in [7, 11) is 1.89. The summed E-state index contributed by atoms with van der Waals surface area (Å²) < 4.78 is 14.1. The Kier molecular flexibility index (Phi) is 5.07. The van der Waals surface area contributed by atoms with Crippen LogP contribution in [0, 0.1) is 5.82 Å². The molecule has 4 heteroatoms. The summed E-state index contributed by atoms with van der Waals surface area (Å²) in [6, 6.07) is 9.27. The summed E-state index contributed by atoms with van der Waals surface area (Å²) in [5.74, 6) is -0.183. The third kappa shape index (κ3) is 3.78. The highest BCUT2D eigenvalue weighted by Crippen LogP contribution is 2.21.